The summed E-state index contributed by atoms with van der Waals surface area (Å²) in [5.41, 5.74) is 7.60. The summed E-state index contributed by atoms with van der Waals surface area (Å²) in [5.74, 6) is 0. The minimum atomic E-state index is 0.175. The molecule has 1 saturated heterocycles. The zero-order valence-corrected chi connectivity index (χ0v) is 11.5. The van der Waals surface area contributed by atoms with Crippen molar-refractivity contribution < 1.29 is 0 Å². The van der Waals surface area contributed by atoms with Gasteiger partial charge in [0.05, 0.1) is 5.69 Å². The van der Waals surface area contributed by atoms with Crippen LogP contribution in [0.2, 0.25) is 0 Å². The molecule has 94 valence electrons. The Kier molecular flexibility index (Phi) is 2.67. The molecule has 0 bridgehead atoms. The summed E-state index contributed by atoms with van der Waals surface area (Å²) in [6.07, 6.45) is 6.04. The molecule has 2 N–H and O–H groups in total. The number of nitrogens with zero attached hydrogens (tertiary/aromatic N) is 2. The molecule has 2 heterocycles. The third kappa shape index (κ3) is 1.87. The molecule has 1 unspecified atom stereocenters. The quantitative estimate of drug-likeness (QED) is 0.834. The van der Waals surface area contributed by atoms with Crippen LogP contribution in [-0.4, -0.2) is 17.1 Å². The molecule has 1 atom stereocenters. The molecule has 3 rings (SSSR count). The first-order valence-corrected chi connectivity index (χ1v) is 7.42. The van der Waals surface area contributed by atoms with E-state index in [4.69, 9.17) is 10.7 Å². The van der Waals surface area contributed by atoms with Crippen molar-refractivity contribution in [3.05, 3.63) is 10.6 Å². The van der Waals surface area contributed by atoms with Gasteiger partial charge in [-0.25, -0.2) is 4.98 Å². The van der Waals surface area contributed by atoms with Crippen LogP contribution in [0.1, 0.15) is 56.1 Å². The second kappa shape index (κ2) is 3.95. The fraction of sp³-hybridized carbons (Fsp3) is 0.769. The maximum absolute atomic E-state index is 6.15. The Morgan fingerprint density at radius 1 is 1.41 bits per heavy atom. The number of hydrogen-bond acceptors (Lipinski definition) is 4. The first-order valence-electron chi connectivity index (χ1n) is 6.61. The van der Waals surface area contributed by atoms with Gasteiger partial charge >= 0.3 is 0 Å². The van der Waals surface area contributed by atoms with Crippen molar-refractivity contribution in [1.29, 1.82) is 0 Å². The Balaban J connectivity index is 1.94. The van der Waals surface area contributed by atoms with Gasteiger partial charge in [-0.15, -0.1) is 11.3 Å². The summed E-state index contributed by atoms with van der Waals surface area (Å²) in [6.45, 7) is 5.79. The van der Waals surface area contributed by atoms with Gasteiger partial charge in [-0.05, 0) is 46.0 Å². The van der Waals surface area contributed by atoms with Gasteiger partial charge in [-0.1, -0.05) is 0 Å². The van der Waals surface area contributed by atoms with Gasteiger partial charge in [0.2, 0.25) is 0 Å². The van der Waals surface area contributed by atoms with Crippen LogP contribution in [0.25, 0.3) is 0 Å². The van der Waals surface area contributed by atoms with E-state index >= 15 is 0 Å². The van der Waals surface area contributed by atoms with Gasteiger partial charge in [0.15, 0.2) is 5.13 Å². The molecule has 1 aromatic heterocycles. The Hall–Kier alpha value is -0.610. The third-order valence-corrected chi connectivity index (χ3v) is 5.27. The number of nitrogens with two attached hydrogens (primary N) is 1. The van der Waals surface area contributed by atoms with Crippen molar-refractivity contribution >= 4 is 16.5 Å². The zero-order valence-electron chi connectivity index (χ0n) is 10.7. The van der Waals surface area contributed by atoms with E-state index in [1.54, 1.807) is 0 Å². The van der Waals surface area contributed by atoms with E-state index in [2.05, 4.69) is 18.7 Å². The molecule has 0 aromatic carbocycles. The van der Waals surface area contributed by atoms with Crippen molar-refractivity contribution in [2.45, 2.75) is 57.5 Å². The molecular formula is C13H21N3S. The van der Waals surface area contributed by atoms with E-state index < -0.39 is 0 Å². The predicted octanol–water partition coefficient (Wildman–Crippen LogP) is 2.86. The van der Waals surface area contributed by atoms with Gasteiger partial charge in [0.1, 0.15) is 0 Å². The van der Waals surface area contributed by atoms with E-state index in [0.29, 0.717) is 0 Å². The minimum absolute atomic E-state index is 0.175. The fourth-order valence-corrected chi connectivity index (χ4v) is 4.38. The van der Waals surface area contributed by atoms with Gasteiger partial charge in [0.25, 0.3) is 0 Å². The highest BCUT2D eigenvalue weighted by Gasteiger charge is 2.35. The zero-order chi connectivity index (χ0) is 12.0. The standard InChI is InChI=1S/C13H21N3S/c1-13(2)7-4-8-16(13)12-15-11-9(14)5-3-6-10(11)17-12/h9H,3-8,14H2,1-2H3. The summed E-state index contributed by atoms with van der Waals surface area (Å²) in [7, 11) is 0. The van der Waals surface area contributed by atoms with Gasteiger partial charge in [-0.3, -0.25) is 0 Å². The van der Waals surface area contributed by atoms with E-state index in [1.165, 1.54) is 41.4 Å². The van der Waals surface area contributed by atoms with Crippen LogP contribution >= 0.6 is 11.3 Å². The SMILES string of the molecule is CC1(C)CCCN1c1nc2c(s1)CCCC2N. The van der Waals surface area contributed by atoms with Crippen molar-refractivity contribution in [3.8, 4) is 0 Å². The number of rotatable bonds is 1. The van der Waals surface area contributed by atoms with Gasteiger partial charge in [-0.2, -0.15) is 0 Å². The molecule has 4 heteroatoms. The molecule has 0 amide bonds. The topological polar surface area (TPSA) is 42.2 Å². The lowest BCUT2D eigenvalue weighted by Gasteiger charge is -2.31. The Bertz CT molecular complexity index is 424. The minimum Gasteiger partial charge on any atom is -0.343 e. The summed E-state index contributed by atoms with van der Waals surface area (Å²) >= 11 is 1.87. The average molecular weight is 251 g/mol. The summed E-state index contributed by atoms with van der Waals surface area (Å²) in [4.78, 5) is 8.74. The first kappa shape index (κ1) is 11.5. The fourth-order valence-electron chi connectivity index (χ4n) is 3.02. The van der Waals surface area contributed by atoms with Crippen LogP contribution in [0.3, 0.4) is 0 Å². The lowest BCUT2D eigenvalue weighted by Crippen LogP contribution is -2.38. The molecular weight excluding hydrogens is 230 g/mol. The highest BCUT2D eigenvalue weighted by Crippen LogP contribution is 2.40. The Morgan fingerprint density at radius 2 is 2.24 bits per heavy atom. The second-order valence-electron chi connectivity index (χ2n) is 5.87. The Labute approximate surface area is 107 Å². The third-order valence-electron chi connectivity index (χ3n) is 4.12. The van der Waals surface area contributed by atoms with Crippen LogP contribution in [0.15, 0.2) is 0 Å². The van der Waals surface area contributed by atoms with E-state index in [9.17, 15) is 0 Å². The van der Waals surface area contributed by atoms with E-state index in [1.807, 2.05) is 11.3 Å². The van der Waals surface area contributed by atoms with Crippen LogP contribution in [0.4, 0.5) is 5.13 Å². The number of thiazole rings is 1. The number of aryl methyl sites for hydroxylation is 1. The molecule has 17 heavy (non-hydrogen) atoms. The largest absolute Gasteiger partial charge is 0.343 e. The smallest absolute Gasteiger partial charge is 0.186 e. The number of hydrogen-bond donors (Lipinski definition) is 1. The van der Waals surface area contributed by atoms with Crippen molar-refractivity contribution in [3.63, 3.8) is 0 Å². The lowest BCUT2D eigenvalue weighted by atomic mass is 9.99. The first-order chi connectivity index (χ1) is 8.08. The molecule has 2 aliphatic rings. The summed E-state index contributed by atoms with van der Waals surface area (Å²) in [6, 6.07) is 0.175. The second-order valence-corrected chi connectivity index (χ2v) is 6.93. The molecule has 1 aliphatic heterocycles. The number of anilines is 1. The highest BCUT2D eigenvalue weighted by molar-refractivity contribution is 7.15. The van der Waals surface area contributed by atoms with Crippen LogP contribution < -0.4 is 10.6 Å². The molecule has 1 aliphatic carbocycles. The lowest BCUT2D eigenvalue weighted by molar-refractivity contribution is 0.515. The molecule has 0 spiro atoms. The van der Waals surface area contributed by atoms with Crippen LogP contribution in [0, 0.1) is 0 Å². The monoisotopic (exact) mass is 251 g/mol. The molecule has 3 nitrogen and oxygen atoms in total. The van der Waals surface area contributed by atoms with Crippen LogP contribution in [0.5, 0.6) is 0 Å². The molecule has 0 radical (unpaired) electrons. The van der Waals surface area contributed by atoms with Crippen LogP contribution in [-0.2, 0) is 6.42 Å². The van der Waals surface area contributed by atoms with Crippen molar-refractivity contribution in [2.24, 2.45) is 5.73 Å². The number of fused-ring (bicyclic) bond motifs is 1. The molecule has 1 aromatic rings. The number of aromatic nitrogens is 1. The van der Waals surface area contributed by atoms with Crippen molar-refractivity contribution in [2.75, 3.05) is 11.4 Å². The highest BCUT2D eigenvalue weighted by atomic mass is 32.1. The molecule has 0 saturated carbocycles. The van der Waals surface area contributed by atoms with E-state index in [-0.39, 0.29) is 11.6 Å². The average Bonchev–Trinajstić information content (AvgIpc) is 2.81. The Morgan fingerprint density at radius 3 is 2.88 bits per heavy atom. The van der Waals surface area contributed by atoms with Crippen molar-refractivity contribution in [1.82, 2.24) is 4.98 Å². The summed E-state index contributed by atoms with van der Waals surface area (Å²) in [5, 5.41) is 1.20. The predicted molar refractivity (Wildman–Crippen MR) is 72.6 cm³/mol. The maximum Gasteiger partial charge on any atom is 0.186 e. The van der Waals surface area contributed by atoms with Gasteiger partial charge in [0, 0.05) is 23.0 Å². The van der Waals surface area contributed by atoms with Gasteiger partial charge < -0.3 is 10.6 Å². The van der Waals surface area contributed by atoms with E-state index in [0.717, 1.165) is 13.0 Å². The molecule has 1 fully saturated rings. The maximum atomic E-state index is 6.15. The summed E-state index contributed by atoms with van der Waals surface area (Å²) < 4.78 is 0. The normalized spacial score (nSPS) is 27.2.